The smallest absolute Gasteiger partial charge is 0.302 e. The number of esters is 2. The van der Waals surface area contributed by atoms with Crippen molar-refractivity contribution in [3.8, 4) is 5.75 Å². The van der Waals surface area contributed by atoms with Gasteiger partial charge in [-0.3, -0.25) is 19.2 Å². The molecule has 2 aromatic carbocycles. The second-order valence-corrected chi connectivity index (χ2v) is 9.05. The summed E-state index contributed by atoms with van der Waals surface area (Å²) in [4.78, 5) is 47.5. The van der Waals surface area contributed by atoms with Crippen molar-refractivity contribution < 1.29 is 29.0 Å². The first-order chi connectivity index (χ1) is 15.6. The highest BCUT2D eigenvalue weighted by molar-refractivity contribution is 7.24. The van der Waals surface area contributed by atoms with Crippen LogP contribution in [-0.2, 0) is 30.3 Å². The maximum atomic E-state index is 12.8. The van der Waals surface area contributed by atoms with E-state index in [1.165, 1.54) is 38.2 Å². The van der Waals surface area contributed by atoms with E-state index in [-0.39, 0.29) is 30.3 Å². The summed E-state index contributed by atoms with van der Waals surface area (Å²) in [6.45, 7) is 3.57. The van der Waals surface area contributed by atoms with Gasteiger partial charge in [0.2, 0.25) is 5.91 Å². The number of nitrogens with one attached hydrogen (secondary N) is 1. The van der Waals surface area contributed by atoms with Crippen LogP contribution in [0.15, 0.2) is 41.2 Å². The Morgan fingerprint density at radius 2 is 1.61 bits per heavy atom. The number of phenols is 1. The van der Waals surface area contributed by atoms with Crippen molar-refractivity contribution in [3.05, 3.63) is 52.2 Å². The highest BCUT2D eigenvalue weighted by Crippen LogP contribution is 2.28. The third kappa shape index (κ3) is 6.07. The maximum Gasteiger partial charge on any atom is 0.302 e. The van der Waals surface area contributed by atoms with E-state index in [0.29, 0.717) is 23.6 Å². The maximum absolute atomic E-state index is 12.8. The predicted molar refractivity (Wildman–Crippen MR) is 125 cm³/mol. The molecule has 0 saturated carbocycles. The zero-order valence-electron chi connectivity index (χ0n) is 18.6. The van der Waals surface area contributed by atoms with Gasteiger partial charge in [0.25, 0.3) is 0 Å². The van der Waals surface area contributed by atoms with E-state index in [2.05, 4.69) is 5.32 Å². The van der Waals surface area contributed by atoms with Gasteiger partial charge in [-0.25, -0.2) is 0 Å². The number of hydrogen-bond donors (Lipinski definition) is 2. The lowest BCUT2D eigenvalue weighted by atomic mass is 9.92. The number of carbonyl (C=O) groups is 3. The second kappa shape index (κ2) is 9.99. The van der Waals surface area contributed by atoms with Crippen LogP contribution in [0.1, 0.15) is 32.8 Å². The van der Waals surface area contributed by atoms with Gasteiger partial charge in [-0.15, -0.1) is 11.3 Å². The first-order valence-electron chi connectivity index (χ1n) is 10.3. The highest BCUT2D eigenvalue weighted by Gasteiger charge is 2.34. The largest absolute Gasteiger partial charge is 0.508 e. The Labute approximate surface area is 194 Å². The number of ether oxygens (including phenoxy) is 2. The topological polar surface area (TPSA) is 119 Å². The van der Waals surface area contributed by atoms with E-state index < -0.39 is 17.5 Å². The number of phenolic OH excluding ortho intramolecular Hbond substituents is 1. The van der Waals surface area contributed by atoms with E-state index in [9.17, 15) is 24.3 Å². The minimum Gasteiger partial charge on any atom is -0.508 e. The molecule has 0 atom stereocenters. The number of carbonyl (C=O) groups excluding carboxylic acids is 3. The first kappa shape index (κ1) is 24.2. The molecular weight excluding hydrogens is 446 g/mol. The molecule has 0 aliphatic heterocycles. The summed E-state index contributed by atoms with van der Waals surface area (Å²) in [6, 6.07) is 10.2. The number of rotatable bonds is 8. The lowest BCUT2D eigenvalue weighted by Crippen LogP contribution is -2.55. The van der Waals surface area contributed by atoms with Crippen LogP contribution in [0.5, 0.6) is 5.75 Å². The summed E-state index contributed by atoms with van der Waals surface area (Å²) in [6.07, 6.45) is 0.794. The summed E-state index contributed by atoms with van der Waals surface area (Å²) < 4.78 is 11.9. The third-order valence-electron chi connectivity index (χ3n) is 5.16. The van der Waals surface area contributed by atoms with E-state index in [1.807, 2.05) is 12.1 Å². The molecular formula is C24H25NO7S. The Hall–Kier alpha value is -3.46. The van der Waals surface area contributed by atoms with Crippen LogP contribution in [0.4, 0.5) is 0 Å². The quantitative estimate of drug-likeness (QED) is 0.383. The Kier molecular flexibility index (Phi) is 7.33. The van der Waals surface area contributed by atoms with Crippen LogP contribution in [0.2, 0.25) is 0 Å². The average Bonchev–Trinajstić information content (AvgIpc) is 2.75. The summed E-state index contributed by atoms with van der Waals surface area (Å²) in [5, 5.41) is 13.5. The number of hydrogen-bond acceptors (Lipinski definition) is 8. The molecule has 1 amide bonds. The fourth-order valence-corrected chi connectivity index (χ4v) is 4.72. The molecule has 0 aliphatic rings. The minimum absolute atomic E-state index is 0.0395. The zero-order chi connectivity index (χ0) is 24.2. The molecule has 0 spiro atoms. The molecule has 0 fully saturated rings. The van der Waals surface area contributed by atoms with Gasteiger partial charge in [0.1, 0.15) is 24.5 Å². The molecule has 33 heavy (non-hydrogen) atoms. The Morgan fingerprint density at radius 1 is 0.939 bits per heavy atom. The molecule has 8 nitrogen and oxygen atoms in total. The molecule has 1 heterocycles. The summed E-state index contributed by atoms with van der Waals surface area (Å²) >= 11 is 1.44. The molecule has 174 valence electrons. The fourth-order valence-electron chi connectivity index (χ4n) is 3.60. The number of fused-ring (bicyclic) bond motifs is 2. The van der Waals surface area contributed by atoms with Gasteiger partial charge in [-0.2, -0.15) is 0 Å². The molecule has 0 radical (unpaired) electrons. The van der Waals surface area contributed by atoms with Gasteiger partial charge in [-0.1, -0.05) is 6.07 Å². The Balaban J connectivity index is 1.92. The minimum atomic E-state index is -1.09. The van der Waals surface area contributed by atoms with Crippen molar-refractivity contribution in [3.63, 3.8) is 0 Å². The van der Waals surface area contributed by atoms with Gasteiger partial charge in [-0.05, 0) is 48.7 Å². The molecule has 9 heteroatoms. The van der Waals surface area contributed by atoms with Gasteiger partial charge in [0, 0.05) is 40.9 Å². The first-order valence-corrected chi connectivity index (χ1v) is 11.1. The predicted octanol–water partition coefficient (Wildman–Crippen LogP) is 3.05. The van der Waals surface area contributed by atoms with Gasteiger partial charge in [0.05, 0.1) is 0 Å². The molecule has 0 bridgehead atoms. The molecule has 0 unspecified atom stereocenters. The standard InChI is InChI=1S/C24H25NO7S/c1-14(26)25-24(12-31-15(2)27,13-32-16(3)28)9-8-17-4-6-19-22(10-17)33-21-7-5-18(29)11-20(21)23(19)30/h4-7,10-11,29H,8-9,12-13H2,1-3H3,(H,25,26). The molecule has 0 aliphatic carbocycles. The van der Waals surface area contributed by atoms with Crippen molar-refractivity contribution in [1.82, 2.24) is 5.32 Å². The SMILES string of the molecule is CC(=O)NC(CCc1ccc2c(=O)c3cc(O)ccc3sc2c1)(COC(C)=O)COC(C)=O. The van der Waals surface area contributed by atoms with E-state index in [1.54, 1.807) is 18.2 Å². The molecule has 3 aromatic rings. The molecule has 3 rings (SSSR count). The van der Waals surface area contributed by atoms with Crippen molar-refractivity contribution in [1.29, 1.82) is 0 Å². The van der Waals surface area contributed by atoms with E-state index in [4.69, 9.17) is 9.47 Å². The van der Waals surface area contributed by atoms with Crippen LogP contribution < -0.4 is 10.7 Å². The van der Waals surface area contributed by atoms with E-state index in [0.717, 1.165) is 15.0 Å². The van der Waals surface area contributed by atoms with Crippen LogP contribution in [0.3, 0.4) is 0 Å². The monoisotopic (exact) mass is 471 g/mol. The van der Waals surface area contributed by atoms with Crippen molar-refractivity contribution >= 4 is 49.4 Å². The van der Waals surface area contributed by atoms with Crippen LogP contribution in [0, 0.1) is 0 Å². The lowest BCUT2D eigenvalue weighted by molar-refractivity contribution is -0.150. The van der Waals surface area contributed by atoms with Gasteiger partial charge in [0.15, 0.2) is 5.43 Å². The zero-order valence-corrected chi connectivity index (χ0v) is 19.4. The van der Waals surface area contributed by atoms with Crippen molar-refractivity contribution in [2.75, 3.05) is 13.2 Å². The normalized spacial score (nSPS) is 11.4. The third-order valence-corrected chi connectivity index (χ3v) is 6.29. The van der Waals surface area contributed by atoms with Crippen LogP contribution in [-0.4, -0.2) is 41.7 Å². The summed E-state index contributed by atoms with van der Waals surface area (Å²) in [5.41, 5.74) is -0.346. The van der Waals surface area contributed by atoms with Crippen molar-refractivity contribution in [2.45, 2.75) is 39.2 Å². The average molecular weight is 472 g/mol. The fraction of sp³-hybridized carbons (Fsp3) is 0.333. The molecule has 1 aromatic heterocycles. The molecule has 0 saturated heterocycles. The Bertz CT molecular complexity index is 1260. The van der Waals surface area contributed by atoms with Crippen LogP contribution in [0.25, 0.3) is 20.2 Å². The lowest BCUT2D eigenvalue weighted by Gasteiger charge is -2.33. The van der Waals surface area contributed by atoms with Gasteiger partial charge < -0.3 is 19.9 Å². The van der Waals surface area contributed by atoms with Gasteiger partial charge >= 0.3 is 11.9 Å². The Morgan fingerprint density at radius 3 is 2.21 bits per heavy atom. The van der Waals surface area contributed by atoms with Crippen LogP contribution >= 0.6 is 11.3 Å². The second-order valence-electron chi connectivity index (χ2n) is 7.96. The van der Waals surface area contributed by atoms with E-state index >= 15 is 0 Å². The summed E-state index contributed by atoms with van der Waals surface area (Å²) in [7, 11) is 0. The highest BCUT2D eigenvalue weighted by atomic mass is 32.1. The number of benzene rings is 2. The number of aryl methyl sites for hydroxylation is 1. The number of amides is 1. The molecule has 2 N–H and O–H groups in total. The van der Waals surface area contributed by atoms with Crippen molar-refractivity contribution in [2.24, 2.45) is 0 Å². The summed E-state index contributed by atoms with van der Waals surface area (Å²) in [5.74, 6) is -1.33. The number of aromatic hydroxyl groups is 1.